The van der Waals surface area contributed by atoms with E-state index in [1.54, 1.807) is 4.90 Å². The van der Waals surface area contributed by atoms with Crippen molar-refractivity contribution in [1.82, 2.24) is 14.7 Å². The summed E-state index contributed by atoms with van der Waals surface area (Å²) in [6.07, 6.45) is 3.79. The van der Waals surface area contributed by atoms with E-state index in [9.17, 15) is 4.79 Å². The molecule has 0 unspecified atom stereocenters. The van der Waals surface area contributed by atoms with E-state index in [0.29, 0.717) is 20.8 Å². The number of rotatable bonds is 4. The Bertz CT molecular complexity index is 1070. The molecule has 1 aliphatic rings. The molecule has 1 amide bonds. The van der Waals surface area contributed by atoms with Crippen LogP contribution in [0.15, 0.2) is 65.7 Å². The monoisotopic (exact) mass is 425 g/mol. The minimum absolute atomic E-state index is 0.0629. The molecule has 4 rings (SSSR count). The standard InChI is InChI=1S/C21H16ClN3OS2/c1-2-24-20(26)18(28-21(24)27)12-15-13-25(17-6-4-3-5-7-17)23-19(15)14-8-10-16(22)11-9-14/h3-13H,2H2,1H3/b18-12-. The van der Waals surface area contributed by atoms with Gasteiger partial charge >= 0.3 is 0 Å². The second kappa shape index (κ2) is 7.91. The van der Waals surface area contributed by atoms with Crippen molar-refractivity contribution in [3.05, 3.63) is 76.3 Å². The molecule has 0 aliphatic carbocycles. The van der Waals surface area contributed by atoms with Crippen LogP contribution in [-0.4, -0.2) is 31.5 Å². The number of aromatic nitrogens is 2. The van der Waals surface area contributed by atoms with Gasteiger partial charge in [-0.2, -0.15) is 5.10 Å². The van der Waals surface area contributed by atoms with Gasteiger partial charge in [0.15, 0.2) is 0 Å². The van der Waals surface area contributed by atoms with Crippen molar-refractivity contribution in [2.24, 2.45) is 0 Å². The summed E-state index contributed by atoms with van der Waals surface area (Å²) in [6, 6.07) is 17.4. The first-order chi connectivity index (χ1) is 13.6. The van der Waals surface area contributed by atoms with E-state index in [-0.39, 0.29) is 5.91 Å². The van der Waals surface area contributed by atoms with Gasteiger partial charge in [-0.25, -0.2) is 4.68 Å². The Kier molecular flexibility index (Phi) is 5.35. The maximum atomic E-state index is 12.6. The number of amides is 1. The number of para-hydroxylation sites is 1. The molecule has 0 bridgehead atoms. The molecule has 1 aliphatic heterocycles. The molecule has 0 spiro atoms. The lowest BCUT2D eigenvalue weighted by molar-refractivity contribution is -0.121. The van der Waals surface area contributed by atoms with Gasteiger partial charge in [0.05, 0.1) is 16.3 Å². The first kappa shape index (κ1) is 18.9. The summed E-state index contributed by atoms with van der Waals surface area (Å²) in [6.45, 7) is 2.48. The minimum Gasteiger partial charge on any atom is -0.293 e. The molecule has 0 saturated carbocycles. The summed E-state index contributed by atoms with van der Waals surface area (Å²) in [4.78, 5) is 14.8. The Morgan fingerprint density at radius 1 is 1.14 bits per heavy atom. The highest BCUT2D eigenvalue weighted by atomic mass is 35.5. The van der Waals surface area contributed by atoms with E-state index in [4.69, 9.17) is 28.9 Å². The summed E-state index contributed by atoms with van der Waals surface area (Å²) < 4.78 is 2.40. The van der Waals surface area contributed by atoms with Crippen LogP contribution in [0.4, 0.5) is 0 Å². The Labute approximate surface area is 177 Å². The van der Waals surface area contributed by atoms with Crippen molar-refractivity contribution in [1.29, 1.82) is 0 Å². The van der Waals surface area contributed by atoms with Crippen molar-refractivity contribution >= 4 is 51.9 Å². The number of thiocarbonyl (C=S) groups is 1. The van der Waals surface area contributed by atoms with Crippen molar-refractivity contribution in [2.75, 3.05) is 6.54 Å². The zero-order valence-electron chi connectivity index (χ0n) is 15.0. The number of halogens is 1. The third-order valence-corrected chi connectivity index (χ3v) is 5.99. The van der Waals surface area contributed by atoms with Crippen molar-refractivity contribution in [3.8, 4) is 16.9 Å². The third-order valence-electron chi connectivity index (χ3n) is 4.36. The highest BCUT2D eigenvalue weighted by Crippen LogP contribution is 2.34. The Morgan fingerprint density at radius 3 is 2.50 bits per heavy atom. The molecule has 0 N–H and O–H groups in total. The second-order valence-electron chi connectivity index (χ2n) is 6.15. The molecule has 2 heterocycles. The average Bonchev–Trinajstić information content (AvgIpc) is 3.24. The number of nitrogens with zero attached hydrogens (tertiary/aromatic N) is 3. The predicted octanol–water partition coefficient (Wildman–Crippen LogP) is 5.41. The van der Waals surface area contributed by atoms with Crippen LogP contribution in [0.1, 0.15) is 12.5 Å². The number of benzene rings is 2. The van der Waals surface area contributed by atoms with Crippen LogP contribution in [0.3, 0.4) is 0 Å². The van der Waals surface area contributed by atoms with Crippen molar-refractivity contribution in [2.45, 2.75) is 6.92 Å². The highest BCUT2D eigenvalue weighted by molar-refractivity contribution is 8.26. The SMILES string of the molecule is CCN1C(=O)/C(=C/c2cn(-c3ccccc3)nc2-c2ccc(Cl)cc2)SC1=S. The lowest BCUT2D eigenvalue weighted by atomic mass is 10.1. The quantitative estimate of drug-likeness (QED) is 0.413. The lowest BCUT2D eigenvalue weighted by Crippen LogP contribution is -2.27. The van der Waals surface area contributed by atoms with E-state index in [1.807, 2.05) is 78.5 Å². The number of hydrogen-bond donors (Lipinski definition) is 0. The summed E-state index contributed by atoms with van der Waals surface area (Å²) in [5.74, 6) is -0.0629. The average molecular weight is 426 g/mol. The summed E-state index contributed by atoms with van der Waals surface area (Å²) >= 11 is 12.7. The topological polar surface area (TPSA) is 38.1 Å². The Morgan fingerprint density at radius 2 is 1.86 bits per heavy atom. The van der Waals surface area contributed by atoms with E-state index in [1.165, 1.54) is 11.8 Å². The molecular formula is C21H16ClN3OS2. The summed E-state index contributed by atoms with van der Waals surface area (Å²) in [5.41, 5.74) is 3.50. The van der Waals surface area contributed by atoms with Gasteiger partial charge < -0.3 is 0 Å². The van der Waals surface area contributed by atoms with Gasteiger partial charge in [-0.05, 0) is 37.3 Å². The lowest BCUT2D eigenvalue weighted by Gasteiger charge is -2.09. The smallest absolute Gasteiger partial charge is 0.266 e. The maximum Gasteiger partial charge on any atom is 0.266 e. The molecule has 3 aromatic rings. The second-order valence-corrected chi connectivity index (χ2v) is 8.26. The van der Waals surface area contributed by atoms with Gasteiger partial charge in [0.2, 0.25) is 0 Å². The Balaban J connectivity index is 1.82. The summed E-state index contributed by atoms with van der Waals surface area (Å²) in [5, 5.41) is 5.43. The van der Waals surface area contributed by atoms with Gasteiger partial charge in [-0.15, -0.1) is 0 Å². The first-order valence-electron chi connectivity index (χ1n) is 8.73. The van der Waals surface area contributed by atoms with Crippen LogP contribution in [0, 0.1) is 0 Å². The van der Waals surface area contributed by atoms with Crippen LogP contribution >= 0.6 is 35.6 Å². The van der Waals surface area contributed by atoms with E-state index in [0.717, 1.165) is 22.5 Å². The van der Waals surface area contributed by atoms with Crippen molar-refractivity contribution < 1.29 is 4.79 Å². The van der Waals surface area contributed by atoms with Gasteiger partial charge in [-0.1, -0.05) is 65.9 Å². The number of carbonyl (C=O) groups excluding carboxylic acids is 1. The number of carbonyl (C=O) groups is 1. The molecule has 1 aromatic heterocycles. The minimum atomic E-state index is -0.0629. The van der Waals surface area contributed by atoms with Crippen LogP contribution in [0.5, 0.6) is 0 Å². The van der Waals surface area contributed by atoms with Gasteiger partial charge in [0, 0.05) is 28.9 Å². The number of thioether (sulfide) groups is 1. The van der Waals surface area contributed by atoms with E-state index in [2.05, 4.69) is 0 Å². The fourth-order valence-electron chi connectivity index (χ4n) is 2.95. The number of likely N-dealkylation sites (N-methyl/N-ethyl adjacent to an activating group) is 1. The molecule has 1 fully saturated rings. The van der Waals surface area contributed by atoms with Crippen molar-refractivity contribution in [3.63, 3.8) is 0 Å². The summed E-state index contributed by atoms with van der Waals surface area (Å²) in [7, 11) is 0. The van der Waals surface area contributed by atoms with Crippen LogP contribution in [0.25, 0.3) is 23.0 Å². The maximum absolute atomic E-state index is 12.6. The zero-order valence-corrected chi connectivity index (χ0v) is 17.4. The fourth-order valence-corrected chi connectivity index (χ4v) is 4.45. The molecule has 140 valence electrons. The first-order valence-corrected chi connectivity index (χ1v) is 10.3. The van der Waals surface area contributed by atoms with Gasteiger partial charge in [0.1, 0.15) is 4.32 Å². The van der Waals surface area contributed by atoms with E-state index >= 15 is 0 Å². The molecular weight excluding hydrogens is 410 g/mol. The molecule has 28 heavy (non-hydrogen) atoms. The molecule has 0 radical (unpaired) electrons. The van der Waals surface area contributed by atoms with Crippen LogP contribution in [-0.2, 0) is 4.79 Å². The molecule has 4 nitrogen and oxygen atoms in total. The molecule has 7 heteroatoms. The third kappa shape index (κ3) is 3.63. The van der Waals surface area contributed by atoms with E-state index < -0.39 is 0 Å². The number of hydrogen-bond acceptors (Lipinski definition) is 4. The molecule has 1 saturated heterocycles. The predicted molar refractivity (Wildman–Crippen MR) is 120 cm³/mol. The normalized spacial score (nSPS) is 15.6. The Hall–Kier alpha value is -2.41. The van der Waals surface area contributed by atoms with Gasteiger partial charge in [-0.3, -0.25) is 9.69 Å². The highest BCUT2D eigenvalue weighted by Gasteiger charge is 2.31. The molecule has 0 atom stereocenters. The van der Waals surface area contributed by atoms with Crippen LogP contribution in [0.2, 0.25) is 5.02 Å². The van der Waals surface area contributed by atoms with Crippen LogP contribution < -0.4 is 0 Å². The fraction of sp³-hybridized carbons (Fsp3) is 0.0952. The molecule has 2 aromatic carbocycles. The van der Waals surface area contributed by atoms with Gasteiger partial charge in [0.25, 0.3) is 5.91 Å². The largest absolute Gasteiger partial charge is 0.293 e. The zero-order chi connectivity index (χ0) is 19.7.